The van der Waals surface area contributed by atoms with Gasteiger partial charge in [0.25, 0.3) is 5.91 Å². The standard InChI is InChI=1S/C19H20FN3O2S/c1-22(2)10-11-23(18(24)13-4-7-15(25-3)8-5-13)19-21-16-9-6-14(20)12-17(16)26-19/h4-9,12H,10-11H2,1-3H3/p+1. The third kappa shape index (κ3) is 4.00. The third-order valence-corrected chi connectivity index (χ3v) is 5.03. The quantitative estimate of drug-likeness (QED) is 0.720. The number of fused-ring (bicyclic) bond motifs is 1. The van der Waals surface area contributed by atoms with Gasteiger partial charge in [0.15, 0.2) is 5.13 Å². The number of likely N-dealkylation sites (N-methyl/N-ethyl adjacent to an activating group) is 1. The summed E-state index contributed by atoms with van der Waals surface area (Å²) in [6.07, 6.45) is 0. The number of hydrogen-bond donors (Lipinski definition) is 1. The number of carbonyl (C=O) groups is 1. The maximum absolute atomic E-state index is 13.5. The van der Waals surface area contributed by atoms with Crippen molar-refractivity contribution in [3.63, 3.8) is 0 Å². The summed E-state index contributed by atoms with van der Waals surface area (Å²) in [6.45, 7) is 1.29. The highest BCUT2D eigenvalue weighted by molar-refractivity contribution is 7.22. The van der Waals surface area contributed by atoms with E-state index < -0.39 is 0 Å². The van der Waals surface area contributed by atoms with Crippen molar-refractivity contribution >= 4 is 32.6 Å². The molecule has 0 aliphatic rings. The van der Waals surface area contributed by atoms with Crippen LogP contribution in [0.1, 0.15) is 10.4 Å². The van der Waals surface area contributed by atoms with E-state index in [1.807, 2.05) is 14.1 Å². The van der Waals surface area contributed by atoms with Crippen LogP contribution >= 0.6 is 11.3 Å². The van der Waals surface area contributed by atoms with Gasteiger partial charge in [-0.3, -0.25) is 9.69 Å². The van der Waals surface area contributed by atoms with Crippen LogP contribution < -0.4 is 14.5 Å². The van der Waals surface area contributed by atoms with E-state index in [2.05, 4.69) is 4.98 Å². The molecule has 0 atom stereocenters. The molecule has 136 valence electrons. The fraction of sp³-hybridized carbons (Fsp3) is 0.263. The van der Waals surface area contributed by atoms with Gasteiger partial charge in [-0.25, -0.2) is 9.37 Å². The van der Waals surface area contributed by atoms with Crippen molar-refractivity contribution in [3.8, 4) is 5.75 Å². The molecule has 7 heteroatoms. The van der Waals surface area contributed by atoms with E-state index >= 15 is 0 Å². The number of thiazole rings is 1. The van der Waals surface area contributed by atoms with Crippen molar-refractivity contribution in [2.45, 2.75) is 0 Å². The van der Waals surface area contributed by atoms with Gasteiger partial charge in [0, 0.05) is 5.56 Å². The number of benzene rings is 2. The Bertz CT molecular complexity index is 909. The molecule has 0 saturated heterocycles. The lowest BCUT2D eigenvalue weighted by Crippen LogP contribution is -3.06. The Kier molecular flexibility index (Phi) is 5.49. The number of quaternary nitrogens is 1. The minimum absolute atomic E-state index is 0.131. The molecule has 1 N–H and O–H groups in total. The lowest BCUT2D eigenvalue weighted by Gasteiger charge is -2.20. The predicted molar refractivity (Wildman–Crippen MR) is 102 cm³/mol. The molecule has 3 rings (SSSR count). The van der Waals surface area contributed by atoms with Crippen molar-refractivity contribution < 1.29 is 18.8 Å². The SMILES string of the molecule is COc1ccc(C(=O)N(CC[NH+](C)C)c2nc3ccc(F)cc3s2)cc1. The Morgan fingerprint density at radius 3 is 2.62 bits per heavy atom. The topological polar surface area (TPSA) is 46.9 Å². The Hall–Kier alpha value is -2.51. The number of anilines is 1. The molecule has 0 aliphatic carbocycles. The molecule has 0 radical (unpaired) electrons. The molecule has 0 bridgehead atoms. The number of ether oxygens (including phenoxy) is 1. The van der Waals surface area contributed by atoms with E-state index in [-0.39, 0.29) is 11.7 Å². The Labute approximate surface area is 155 Å². The van der Waals surface area contributed by atoms with Crippen molar-refractivity contribution in [1.29, 1.82) is 0 Å². The highest BCUT2D eigenvalue weighted by Crippen LogP contribution is 2.30. The number of amides is 1. The minimum atomic E-state index is -0.307. The molecule has 0 unspecified atom stereocenters. The highest BCUT2D eigenvalue weighted by Gasteiger charge is 2.22. The molecule has 0 aliphatic heterocycles. The van der Waals surface area contributed by atoms with Crippen LogP contribution in [-0.2, 0) is 0 Å². The summed E-state index contributed by atoms with van der Waals surface area (Å²) in [4.78, 5) is 20.5. The van der Waals surface area contributed by atoms with Crippen molar-refractivity contribution in [2.24, 2.45) is 0 Å². The first-order valence-corrected chi connectivity index (χ1v) is 9.10. The summed E-state index contributed by atoms with van der Waals surface area (Å²) in [7, 11) is 5.65. The van der Waals surface area contributed by atoms with Crippen LogP contribution in [-0.4, -0.2) is 45.2 Å². The average molecular weight is 374 g/mol. The number of rotatable bonds is 6. The molecule has 1 heterocycles. The van der Waals surface area contributed by atoms with E-state index in [0.717, 1.165) is 11.2 Å². The van der Waals surface area contributed by atoms with Gasteiger partial charge in [0.2, 0.25) is 0 Å². The molecule has 0 saturated carbocycles. The lowest BCUT2D eigenvalue weighted by molar-refractivity contribution is -0.856. The summed E-state index contributed by atoms with van der Waals surface area (Å²) in [5, 5.41) is 0.577. The Balaban J connectivity index is 1.95. The molecule has 26 heavy (non-hydrogen) atoms. The Morgan fingerprint density at radius 2 is 1.96 bits per heavy atom. The fourth-order valence-corrected chi connectivity index (χ4v) is 3.53. The zero-order chi connectivity index (χ0) is 18.7. The van der Waals surface area contributed by atoms with Gasteiger partial charge < -0.3 is 9.64 Å². The Morgan fingerprint density at radius 1 is 1.23 bits per heavy atom. The molecular weight excluding hydrogens is 353 g/mol. The second kappa shape index (κ2) is 7.80. The average Bonchev–Trinajstić information content (AvgIpc) is 3.04. The second-order valence-electron chi connectivity index (χ2n) is 6.25. The van der Waals surface area contributed by atoms with Gasteiger partial charge in [-0.05, 0) is 42.5 Å². The molecule has 5 nitrogen and oxygen atoms in total. The van der Waals surface area contributed by atoms with Crippen LogP contribution in [0.5, 0.6) is 5.75 Å². The number of methoxy groups -OCH3 is 1. The van der Waals surface area contributed by atoms with E-state index in [9.17, 15) is 9.18 Å². The number of nitrogens with zero attached hydrogens (tertiary/aromatic N) is 2. The first-order valence-electron chi connectivity index (χ1n) is 8.29. The first kappa shape index (κ1) is 18.3. The molecule has 0 fully saturated rings. The third-order valence-electron chi connectivity index (χ3n) is 3.99. The van der Waals surface area contributed by atoms with Crippen LogP contribution in [0.2, 0.25) is 0 Å². The van der Waals surface area contributed by atoms with Gasteiger partial charge in [0.1, 0.15) is 11.6 Å². The normalized spacial score (nSPS) is 11.1. The molecule has 0 spiro atoms. The van der Waals surface area contributed by atoms with Crippen LogP contribution in [0, 0.1) is 5.82 Å². The summed E-state index contributed by atoms with van der Waals surface area (Å²) < 4.78 is 19.4. The van der Waals surface area contributed by atoms with Gasteiger partial charge in [0.05, 0.1) is 44.5 Å². The predicted octanol–water partition coefficient (Wildman–Crippen LogP) is 2.24. The molecular formula is C19H21FN3O2S+. The van der Waals surface area contributed by atoms with Crippen LogP contribution in [0.4, 0.5) is 9.52 Å². The van der Waals surface area contributed by atoms with E-state index in [1.165, 1.54) is 28.4 Å². The zero-order valence-corrected chi connectivity index (χ0v) is 15.8. The van der Waals surface area contributed by atoms with Crippen LogP contribution in [0.15, 0.2) is 42.5 Å². The van der Waals surface area contributed by atoms with Crippen molar-refractivity contribution in [2.75, 3.05) is 39.2 Å². The first-order chi connectivity index (χ1) is 12.5. The van der Waals surface area contributed by atoms with Crippen LogP contribution in [0.25, 0.3) is 10.2 Å². The summed E-state index contributed by atoms with van der Waals surface area (Å²) >= 11 is 1.32. The van der Waals surface area contributed by atoms with Gasteiger partial charge in [-0.1, -0.05) is 11.3 Å². The number of aromatic nitrogens is 1. The number of halogens is 1. The fourth-order valence-electron chi connectivity index (χ4n) is 2.51. The number of hydrogen-bond acceptors (Lipinski definition) is 4. The van der Waals surface area contributed by atoms with Gasteiger partial charge in [-0.15, -0.1) is 0 Å². The smallest absolute Gasteiger partial charge is 0.260 e. The van der Waals surface area contributed by atoms with E-state index in [4.69, 9.17) is 4.74 Å². The summed E-state index contributed by atoms with van der Waals surface area (Å²) in [6, 6.07) is 11.5. The maximum atomic E-state index is 13.5. The van der Waals surface area contributed by atoms with Crippen LogP contribution in [0.3, 0.4) is 0 Å². The monoisotopic (exact) mass is 374 g/mol. The largest absolute Gasteiger partial charge is 0.497 e. The van der Waals surface area contributed by atoms with Gasteiger partial charge >= 0.3 is 0 Å². The lowest BCUT2D eigenvalue weighted by atomic mass is 10.2. The maximum Gasteiger partial charge on any atom is 0.260 e. The highest BCUT2D eigenvalue weighted by atomic mass is 32.1. The number of nitrogens with one attached hydrogen (secondary N) is 1. The summed E-state index contributed by atoms with van der Waals surface area (Å²) in [5.74, 6) is 0.258. The zero-order valence-electron chi connectivity index (χ0n) is 15.0. The van der Waals surface area contributed by atoms with E-state index in [0.29, 0.717) is 28.5 Å². The molecule has 1 aromatic heterocycles. The minimum Gasteiger partial charge on any atom is -0.497 e. The second-order valence-corrected chi connectivity index (χ2v) is 7.26. The van der Waals surface area contributed by atoms with Gasteiger partial charge in [-0.2, -0.15) is 0 Å². The summed E-state index contributed by atoms with van der Waals surface area (Å²) in [5.41, 5.74) is 1.25. The van der Waals surface area contributed by atoms with E-state index in [1.54, 1.807) is 42.3 Å². The number of carbonyl (C=O) groups excluding carboxylic acids is 1. The van der Waals surface area contributed by atoms with Crippen molar-refractivity contribution in [1.82, 2.24) is 4.98 Å². The molecule has 3 aromatic rings. The molecule has 2 aromatic carbocycles. The van der Waals surface area contributed by atoms with Crippen molar-refractivity contribution in [3.05, 3.63) is 53.8 Å². The molecule has 1 amide bonds.